The fraction of sp³-hybridized carbons (Fsp3) is 0.333. The molecule has 35 heavy (non-hydrogen) atoms. The zero-order valence-electron chi connectivity index (χ0n) is 18.8. The van der Waals surface area contributed by atoms with Gasteiger partial charge in [0.05, 0.1) is 24.4 Å². The normalized spacial score (nSPS) is 14.6. The molecule has 1 aliphatic heterocycles. The number of halogens is 3. The molecule has 1 amide bonds. The van der Waals surface area contributed by atoms with E-state index in [2.05, 4.69) is 15.3 Å². The van der Waals surface area contributed by atoms with E-state index in [1.807, 2.05) is 4.90 Å². The maximum absolute atomic E-state index is 13.5. The van der Waals surface area contributed by atoms with Crippen molar-refractivity contribution in [1.82, 2.24) is 9.97 Å². The van der Waals surface area contributed by atoms with Gasteiger partial charge in [-0.05, 0) is 44.0 Å². The number of pyridine rings is 1. The Kier molecular flexibility index (Phi) is 7.04. The summed E-state index contributed by atoms with van der Waals surface area (Å²) in [5.41, 5.74) is -0.339. The van der Waals surface area contributed by atoms with Gasteiger partial charge in [-0.15, -0.1) is 0 Å². The van der Waals surface area contributed by atoms with E-state index in [0.717, 1.165) is 0 Å². The number of rotatable bonds is 6. The largest absolute Gasteiger partial charge is 0.466 e. The molecule has 1 fully saturated rings. The summed E-state index contributed by atoms with van der Waals surface area (Å²) >= 11 is 0. The van der Waals surface area contributed by atoms with Crippen LogP contribution < -0.4 is 10.2 Å². The van der Waals surface area contributed by atoms with Crippen molar-refractivity contribution in [1.29, 1.82) is 0 Å². The average Bonchev–Trinajstić information content (AvgIpc) is 3.32. The maximum atomic E-state index is 13.5. The van der Waals surface area contributed by atoms with Gasteiger partial charge in [0.25, 0.3) is 5.91 Å². The lowest BCUT2D eigenvalue weighted by Gasteiger charge is -2.31. The number of piperidine rings is 1. The number of aromatic nitrogens is 2. The molecule has 0 radical (unpaired) electrons. The van der Waals surface area contributed by atoms with Crippen LogP contribution in [-0.2, 0) is 15.7 Å². The molecule has 0 bridgehead atoms. The Hall–Kier alpha value is -3.89. The van der Waals surface area contributed by atoms with E-state index in [4.69, 9.17) is 9.15 Å². The Morgan fingerprint density at radius 3 is 2.46 bits per heavy atom. The van der Waals surface area contributed by atoms with Gasteiger partial charge in [-0.25, -0.2) is 9.97 Å². The van der Waals surface area contributed by atoms with Crippen molar-refractivity contribution < 1.29 is 31.9 Å². The number of benzene rings is 1. The molecule has 8 nitrogen and oxygen atoms in total. The van der Waals surface area contributed by atoms with Crippen LogP contribution in [0.25, 0.3) is 11.5 Å². The van der Waals surface area contributed by atoms with Crippen molar-refractivity contribution in [2.75, 3.05) is 29.9 Å². The first-order chi connectivity index (χ1) is 16.8. The third-order valence-electron chi connectivity index (χ3n) is 5.57. The molecule has 11 heteroatoms. The topological polar surface area (TPSA) is 97.6 Å². The van der Waals surface area contributed by atoms with Crippen LogP contribution in [0.5, 0.6) is 0 Å². The van der Waals surface area contributed by atoms with Gasteiger partial charge in [-0.2, -0.15) is 13.2 Å². The number of esters is 1. The Balaban J connectivity index is 1.44. The van der Waals surface area contributed by atoms with Crippen molar-refractivity contribution in [2.45, 2.75) is 25.9 Å². The first-order valence-electron chi connectivity index (χ1n) is 11.1. The summed E-state index contributed by atoms with van der Waals surface area (Å²) in [5, 5.41) is 2.40. The zero-order chi connectivity index (χ0) is 25.0. The summed E-state index contributed by atoms with van der Waals surface area (Å²) in [6.07, 6.45) is -2.27. The molecule has 2 aromatic heterocycles. The Morgan fingerprint density at radius 1 is 1.14 bits per heavy atom. The van der Waals surface area contributed by atoms with Crippen LogP contribution in [0, 0.1) is 5.92 Å². The molecule has 4 rings (SSSR count). The highest BCUT2D eigenvalue weighted by Crippen LogP contribution is 2.35. The van der Waals surface area contributed by atoms with Gasteiger partial charge in [0.1, 0.15) is 5.82 Å². The van der Waals surface area contributed by atoms with E-state index in [1.165, 1.54) is 18.3 Å². The second-order valence-electron chi connectivity index (χ2n) is 7.93. The fourth-order valence-electron chi connectivity index (χ4n) is 3.81. The summed E-state index contributed by atoms with van der Waals surface area (Å²) in [6.45, 7) is 3.34. The first kappa shape index (κ1) is 24.2. The molecule has 184 valence electrons. The SMILES string of the molecule is CCOC(=O)C1CCN(c2ccc(NC(=O)c3nc(-c4ccccc4)oc3C(F)(F)F)cn2)CC1. The molecule has 3 aromatic rings. The number of nitrogens with zero attached hydrogens (tertiary/aromatic N) is 3. The number of carbonyl (C=O) groups excluding carboxylic acids is 2. The summed E-state index contributed by atoms with van der Waals surface area (Å²) in [5.74, 6) is -2.54. The number of oxazole rings is 1. The standard InChI is InChI=1S/C24H23F3N4O4/c1-2-34-23(33)16-10-12-31(13-11-16)18-9-8-17(14-28-18)29-21(32)19-20(24(25,26)27)35-22(30-19)15-6-4-3-5-7-15/h3-9,14,16H,2,10-13H2,1H3,(H,29,32). The van der Waals surface area contributed by atoms with Gasteiger partial charge in [-0.3, -0.25) is 9.59 Å². The number of alkyl halides is 3. The Labute approximate surface area is 199 Å². The summed E-state index contributed by atoms with van der Waals surface area (Å²) in [4.78, 5) is 34.6. The number of carbonyl (C=O) groups is 2. The minimum absolute atomic E-state index is 0.143. The quantitative estimate of drug-likeness (QED) is 0.499. The highest BCUT2D eigenvalue weighted by Gasteiger charge is 2.42. The van der Waals surface area contributed by atoms with Crippen LogP contribution >= 0.6 is 0 Å². The van der Waals surface area contributed by atoms with E-state index < -0.39 is 23.5 Å². The van der Waals surface area contributed by atoms with Crippen LogP contribution in [0.2, 0.25) is 0 Å². The van der Waals surface area contributed by atoms with Crippen molar-refractivity contribution in [3.63, 3.8) is 0 Å². The van der Waals surface area contributed by atoms with E-state index in [-0.39, 0.29) is 23.5 Å². The summed E-state index contributed by atoms with van der Waals surface area (Å²) in [6, 6.07) is 11.2. The van der Waals surface area contributed by atoms with Crippen LogP contribution in [0.1, 0.15) is 36.0 Å². The van der Waals surface area contributed by atoms with Crippen LogP contribution in [0.3, 0.4) is 0 Å². The summed E-state index contributed by atoms with van der Waals surface area (Å²) in [7, 11) is 0. The van der Waals surface area contributed by atoms with E-state index in [1.54, 1.807) is 37.3 Å². The van der Waals surface area contributed by atoms with Crippen LogP contribution in [-0.4, -0.2) is 41.5 Å². The molecular weight excluding hydrogens is 465 g/mol. The van der Waals surface area contributed by atoms with Crippen molar-refractivity contribution in [3.05, 3.63) is 60.1 Å². The lowest BCUT2D eigenvalue weighted by Crippen LogP contribution is -2.37. The second kappa shape index (κ2) is 10.2. The predicted molar refractivity (Wildman–Crippen MR) is 121 cm³/mol. The van der Waals surface area contributed by atoms with Gasteiger partial charge in [-0.1, -0.05) is 18.2 Å². The van der Waals surface area contributed by atoms with Gasteiger partial charge in [0.15, 0.2) is 5.69 Å². The predicted octanol–water partition coefficient (Wildman–Crippen LogP) is 4.79. The van der Waals surface area contributed by atoms with E-state index in [0.29, 0.717) is 43.9 Å². The highest BCUT2D eigenvalue weighted by molar-refractivity contribution is 6.04. The number of hydrogen-bond donors (Lipinski definition) is 1. The average molecular weight is 488 g/mol. The van der Waals surface area contributed by atoms with E-state index >= 15 is 0 Å². The molecule has 0 atom stereocenters. The van der Waals surface area contributed by atoms with Crippen molar-refractivity contribution in [2.24, 2.45) is 5.92 Å². The molecule has 3 heterocycles. The third-order valence-corrected chi connectivity index (χ3v) is 5.57. The van der Waals surface area contributed by atoms with Crippen LogP contribution in [0.15, 0.2) is 53.1 Å². The summed E-state index contributed by atoms with van der Waals surface area (Å²) < 4.78 is 50.5. The molecule has 0 unspecified atom stereocenters. The second-order valence-corrected chi connectivity index (χ2v) is 7.93. The molecule has 1 aromatic carbocycles. The molecule has 1 aliphatic rings. The number of ether oxygens (including phenoxy) is 1. The molecule has 1 N–H and O–H groups in total. The number of anilines is 2. The van der Waals surface area contributed by atoms with E-state index in [9.17, 15) is 22.8 Å². The maximum Gasteiger partial charge on any atom is 0.452 e. The lowest BCUT2D eigenvalue weighted by atomic mass is 9.97. The third kappa shape index (κ3) is 5.61. The molecule has 1 saturated heterocycles. The van der Waals surface area contributed by atoms with Gasteiger partial charge in [0, 0.05) is 18.7 Å². The Bertz CT molecular complexity index is 1170. The molecule has 0 saturated carbocycles. The fourth-order valence-corrected chi connectivity index (χ4v) is 3.81. The smallest absolute Gasteiger partial charge is 0.452 e. The highest BCUT2D eigenvalue weighted by atomic mass is 19.4. The first-order valence-corrected chi connectivity index (χ1v) is 11.1. The number of nitrogens with one attached hydrogen (secondary N) is 1. The van der Waals surface area contributed by atoms with Gasteiger partial charge < -0.3 is 19.4 Å². The number of amides is 1. The van der Waals surface area contributed by atoms with Crippen molar-refractivity contribution in [3.8, 4) is 11.5 Å². The minimum atomic E-state index is -4.90. The molecule has 0 spiro atoms. The minimum Gasteiger partial charge on any atom is -0.466 e. The number of hydrogen-bond acceptors (Lipinski definition) is 7. The molecule has 0 aliphatic carbocycles. The lowest BCUT2D eigenvalue weighted by molar-refractivity contribution is -0.153. The molecular formula is C24H23F3N4O4. The Morgan fingerprint density at radius 2 is 1.86 bits per heavy atom. The zero-order valence-corrected chi connectivity index (χ0v) is 18.8. The van der Waals surface area contributed by atoms with Gasteiger partial charge in [0.2, 0.25) is 11.7 Å². The van der Waals surface area contributed by atoms with Crippen molar-refractivity contribution >= 4 is 23.4 Å². The monoisotopic (exact) mass is 488 g/mol. The van der Waals surface area contributed by atoms with Crippen LogP contribution in [0.4, 0.5) is 24.7 Å². The van der Waals surface area contributed by atoms with Gasteiger partial charge >= 0.3 is 12.1 Å².